The summed E-state index contributed by atoms with van der Waals surface area (Å²) in [6.07, 6.45) is 2.41. The third-order valence-corrected chi connectivity index (χ3v) is 5.73. The van der Waals surface area contributed by atoms with Crippen LogP contribution in [-0.4, -0.2) is 44.6 Å². The Morgan fingerprint density at radius 2 is 2.10 bits per heavy atom. The van der Waals surface area contributed by atoms with Gasteiger partial charge in [0.1, 0.15) is 16.9 Å². The van der Waals surface area contributed by atoms with Gasteiger partial charge in [-0.2, -0.15) is 0 Å². The first-order valence-corrected chi connectivity index (χ1v) is 9.73. The molecule has 6 nitrogen and oxygen atoms in total. The second kappa shape index (κ2) is 6.86. The van der Waals surface area contributed by atoms with E-state index in [9.17, 15) is 9.18 Å². The van der Waals surface area contributed by atoms with Crippen LogP contribution in [0.25, 0.3) is 32.8 Å². The molecule has 0 spiro atoms. The van der Waals surface area contributed by atoms with Gasteiger partial charge < -0.3 is 19.5 Å². The van der Waals surface area contributed by atoms with Gasteiger partial charge >= 0.3 is 0 Å². The van der Waals surface area contributed by atoms with Crippen molar-refractivity contribution in [3.05, 3.63) is 41.3 Å². The smallest absolute Gasteiger partial charge is 0.213 e. The first kappa shape index (κ1) is 18.1. The third-order valence-electron chi connectivity index (χ3n) is 5.43. The number of benzene rings is 2. The van der Waals surface area contributed by atoms with Crippen LogP contribution in [0.2, 0.25) is 5.02 Å². The van der Waals surface area contributed by atoms with Crippen LogP contribution in [0.5, 0.6) is 0 Å². The Bertz CT molecular complexity index is 1270. The summed E-state index contributed by atoms with van der Waals surface area (Å²) >= 11 is 6.64. The summed E-state index contributed by atoms with van der Waals surface area (Å²) in [5.41, 5.74) is 3.03. The van der Waals surface area contributed by atoms with Gasteiger partial charge in [0.05, 0.1) is 33.4 Å². The van der Waals surface area contributed by atoms with Crippen molar-refractivity contribution in [3.8, 4) is 0 Å². The highest BCUT2D eigenvalue weighted by Crippen LogP contribution is 2.44. The van der Waals surface area contributed by atoms with Gasteiger partial charge in [-0.25, -0.2) is 9.37 Å². The number of halogens is 2. The molecule has 3 heterocycles. The number of nitrogens with one attached hydrogen (secondary N) is 1. The lowest BCUT2D eigenvalue weighted by atomic mass is 10.1. The van der Waals surface area contributed by atoms with Crippen molar-refractivity contribution in [3.63, 3.8) is 0 Å². The number of nitrogens with zero attached hydrogens (tertiary/aromatic N) is 3. The van der Waals surface area contributed by atoms with E-state index < -0.39 is 0 Å². The van der Waals surface area contributed by atoms with Crippen molar-refractivity contribution in [2.75, 3.05) is 43.0 Å². The monoisotopic (exact) mass is 412 g/mol. The summed E-state index contributed by atoms with van der Waals surface area (Å²) in [5, 5.41) is 5.37. The van der Waals surface area contributed by atoms with E-state index in [0.717, 1.165) is 43.7 Å². The Morgan fingerprint density at radius 3 is 2.86 bits per heavy atom. The lowest BCUT2D eigenvalue weighted by molar-refractivity contribution is -0.107. The van der Waals surface area contributed by atoms with Crippen LogP contribution in [0, 0.1) is 5.82 Å². The number of carbonyl (C=O) groups is 1. The number of aromatic nitrogens is 1. The molecule has 0 radical (unpaired) electrons. The van der Waals surface area contributed by atoms with Crippen molar-refractivity contribution in [2.45, 2.75) is 0 Å². The molecule has 5 rings (SSSR count). The minimum absolute atomic E-state index is 0.356. The highest BCUT2D eigenvalue weighted by molar-refractivity contribution is 6.40. The number of hydrogen-bond acceptors (Lipinski definition) is 5. The molecule has 0 bridgehead atoms. The molecule has 4 aromatic rings. The number of anilines is 2. The normalized spacial score (nSPS) is 14.8. The Hall–Kier alpha value is -2.90. The zero-order valence-corrected chi connectivity index (χ0v) is 16.5. The molecule has 1 saturated heterocycles. The predicted molar refractivity (Wildman–Crippen MR) is 114 cm³/mol. The zero-order chi connectivity index (χ0) is 20.1. The quantitative estimate of drug-likeness (QED) is 0.517. The van der Waals surface area contributed by atoms with Gasteiger partial charge in [0.2, 0.25) is 6.41 Å². The molecule has 0 atom stereocenters. The van der Waals surface area contributed by atoms with Crippen molar-refractivity contribution in [1.82, 2.24) is 10.3 Å². The molecule has 2 aromatic carbocycles. The van der Waals surface area contributed by atoms with Crippen molar-refractivity contribution in [1.29, 1.82) is 0 Å². The summed E-state index contributed by atoms with van der Waals surface area (Å²) in [6, 6.07) is 6.51. The molecule has 2 aromatic heterocycles. The van der Waals surface area contributed by atoms with E-state index in [4.69, 9.17) is 16.0 Å². The summed E-state index contributed by atoms with van der Waals surface area (Å²) < 4.78 is 20.5. The van der Waals surface area contributed by atoms with Crippen molar-refractivity contribution >= 4 is 62.2 Å². The molecule has 148 valence electrons. The lowest BCUT2D eigenvalue weighted by Gasteiger charge is -2.33. The lowest BCUT2D eigenvalue weighted by Crippen LogP contribution is -2.44. The Balaban J connectivity index is 1.90. The fourth-order valence-corrected chi connectivity index (χ4v) is 4.35. The Labute approximate surface area is 170 Å². The first-order chi connectivity index (χ1) is 14.1. The minimum Gasteiger partial charge on any atom is -0.454 e. The molecule has 1 fully saturated rings. The maximum Gasteiger partial charge on any atom is 0.213 e. The highest BCUT2D eigenvalue weighted by atomic mass is 35.5. The predicted octanol–water partition coefficient (Wildman–Crippen LogP) is 3.93. The maximum absolute atomic E-state index is 14.5. The third kappa shape index (κ3) is 2.73. The van der Waals surface area contributed by atoms with E-state index in [1.54, 1.807) is 31.4 Å². The van der Waals surface area contributed by atoms with Crippen LogP contribution in [0.15, 0.2) is 34.9 Å². The van der Waals surface area contributed by atoms with E-state index in [2.05, 4.69) is 15.2 Å². The number of furan rings is 1. The van der Waals surface area contributed by atoms with Crippen LogP contribution < -0.4 is 15.1 Å². The van der Waals surface area contributed by atoms with Crippen LogP contribution in [0.1, 0.15) is 0 Å². The van der Waals surface area contributed by atoms with Crippen LogP contribution >= 0.6 is 11.6 Å². The Kier molecular flexibility index (Phi) is 4.29. The van der Waals surface area contributed by atoms with Gasteiger partial charge in [-0.05, 0) is 18.2 Å². The summed E-state index contributed by atoms with van der Waals surface area (Å²) in [6.45, 7) is 3.23. The summed E-state index contributed by atoms with van der Waals surface area (Å²) in [4.78, 5) is 19.8. The van der Waals surface area contributed by atoms with Gasteiger partial charge in [0.25, 0.3) is 0 Å². The SMILES string of the molecule is CN(C=O)c1cnc2c(cc(Cl)c3c2oc2cccc(F)c23)c1N1CCNCC1. The number of carbonyl (C=O) groups excluding carboxylic acids is 1. The number of pyridine rings is 1. The van der Waals surface area contributed by atoms with Gasteiger partial charge in [0.15, 0.2) is 5.58 Å². The number of piperazine rings is 1. The minimum atomic E-state index is -0.387. The van der Waals surface area contributed by atoms with E-state index in [1.165, 1.54) is 11.0 Å². The number of rotatable bonds is 3. The first-order valence-electron chi connectivity index (χ1n) is 9.36. The zero-order valence-electron chi connectivity index (χ0n) is 15.7. The highest BCUT2D eigenvalue weighted by Gasteiger charge is 2.24. The molecule has 29 heavy (non-hydrogen) atoms. The van der Waals surface area contributed by atoms with Crippen LogP contribution in [0.3, 0.4) is 0 Å². The fraction of sp³-hybridized carbons (Fsp3) is 0.238. The molecule has 1 amide bonds. The van der Waals surface area contributed by atoms with E-state index in [-0.39, 0.29) is 5.82 Å². The van der Waals surface area contributed by atoms with E-state index in [0.29, 0.717) is 38.2 Å². The Morgan fingerprint density at radius 1 is 1.31 bits per heavy atom. The molecule has 1 N–H and O–H groups in total. The molecule has 1 aliphatic heterocycles. The molecule has 0 saturated carbocycles. The molecular weight excluding hydrogens is 395 g/mol. The van der Waals surface area contributed by atoms with Gasteiger partial charge in [0, 0.05) is 38.6 Å². The van der Waals surface area contributed by atoms with Gasteiger partial charge in [-0.1, -0.05) is 17.7 Å². The largest absolute Gasteiger partial charge is 0.454 e. The maximum atomic E-state index is 14.5. The van der Waals surface area contributed by atoms with Gasteiger partial charge in [-0.15, -0.1) is 0 Å². The van der Waals surface area contributed by atoms with Crippen LogP contribution in [0.4, 0.5) is 15.8 Å². The van der Waals surface area contributed by atoms with E-state index >= 15 is 0 Å². The average molecular weight is 413 g/mol. The standard InChI is InChI=1S/C21H18ClFN4O2/c1-26(11-28)15-10-25-19-12(20(15)27-7-5-24-6-8-27)9-13(22)17-18-14(23)3-2-4-16(18)29-21(17)19/h2-4,9-11,24H,5-8H2,1H3. The van der Waals surface area contributed by atoms with E-state index in [1.807, 2.05) is 0 Å². The second-order valence-corrected chi connectivity index (χ2v) is 7.53. The van der Waals surface area contributed by atoms with Crippen LogP contribution in [-0.2, 0) is 4.79 Å². The fourth-order valence-electron chi connectivity index (χ4n) is 4.06. The van der Waals surface area contributed by atoms with Gasteiger partial charge in [-0.3, -0.25) is 4.79 Å². The summed E-state index contributed by atoms with van der Waals surface area (Å²) in [5.74, 6) is -0.387. The number of amides is 1. The molecule has 1 aliphatic rings. The molecule has 8 heteroatoms. The van der Waals surface area contributed by atoms with Crippen molar-refractivity contribution in [2.24, 2.45) is 0 Å². The molecule has 0 unspecified atom stereocenters. The molecule has 0 aliphatic carbocycles. The van der Waals surface area contributed by atoms with Crippen molar-refractivity contribution < 1.29 is 13.6 Å². The molecular formula is C21H18ClFN4O2. The number of fused-ring (bicyclic) bond motifs is 5. The average Bonchev–Trinajstić information content (AvgIpc) is 3.15. The topological polar surface area (TPSA) is 61.6 Å². The summed E-state index contributed by atoms with van der Waals surface area (Å²) in [7, 11) is 1.69. The second-order valence-electron chi connectivity index (χ2n) is 7.12. The number of hydrogen-bond donors (Lipinski definition) is 1.